The number of ether oxygens (including phenoxy) is 1. The first-order chi connectivity index (χ1) is 13.7. The molecule has 2 atom stereocenters. The summed E-state index contributed by atoms with van der Waals surface area (Å²) in [6.07, 6.45) is 1.18. The maximum Gasteiger partial charge on any atom is 0.191 e. The molecule has 1 aliphatic rings. The number of nitrogens with zero attached hydrogens (tertiary/aromatic N) is 2. The second kappa shape index (κ2) is 11.9. The zero-order chi connectivity index (χ0) is 19.8. The first-order valence-corrected chi connectivity index (χ1v) is 10.1. The number of methoxy groups -OCH3 is 1. The molecule has 1 fully saturated rings. The zero-order valence-corrected chi connectivity index (χ0v) is 19.9. The summed E-state index contributed by atoms with van der Waals surface area (Å²) in [6, 6.07) is 18.9. The molecular weight excluding hydrogens is 475 g/mol. The lowest BCUT2D eigenvalue weighted by molar-refractivity contribution is 0.415. The minimum atomic E-state index is 0. The molecule has 2 aromatic rings. The highest BCUT2D eigenvalue weighted by Crippen LogP contribution is 2.26. The minimum absolute atomic E-state index is 0. The van der Waals surface area contributed by atoms with Gasteiger partial charge in [0, 0.05) is 45.0 Å². The van der Waals surface area contributed by atoms with E-state index in [1.165, 1.54) is 17.7 Å². The summed E-state index contributed by atoms with van der Waals surface area (Å²) in [6.45, 7) is 6.16. The lowest BCUT2D eigenvalue weighted by atomic mass is 10.0. The van der Waals surface area contributed by atoms with E-state index in [4.69, 9.17) is 4.74 Å². The van der Waals surface area contributed by atoms with Crippen LogP contribution in [0.5, 0.6) is 5.75 Å². The van der Waals surface area contributed by atoms with Crippen molar-refractivity contribution in [3.63, 3.8) is 0 Å². The number of hydrogen-bond donors (Lipinski definition) is 2. The molecule has 0 aromatic heterocycles. The molecule has 1 aliphatic heterocycles. The average Bonchev–Trinajstić information content (AvgIpc) is 3.23. The number of rotatable bonds is 7. The van der Waals surface area contributed by atoms with Crippen molar-refractivity contribution in [1.29, 1.82) is 0 Å². The normalized spacial score (nSPS) is 17.4. The van der Waals surface area contributed by atoms with Gasteiger partial charge in [-0.3, -0.25) is 4.99 Å². The first kappa shape index (κ1) is 23.3. The van der Waals surface area contributed by atoms with Gasteiger partial charge in [0.15, 0.2) is 5.96 Å². The Morgan fingerprint density at radius 2 is 1.97 bits per heavy atom. The molecule has 0 amide bonds. The third-order valence-electron chi connectivity index (χ3n) is 5.43. The van der Waals surface area contributed by atoms with E-state index in [1.807, 2.05) is 13.1 Å². The van der Waals surface area contributed by atoms with Crippen LogP contribution in [0.25, 0.3) is 0 Å². The van der Waals surface area contributed by atoms with Crippen LogP contribution in [0.15, 0.2) is 59.6 Å². The van der Waals surface area contributed by atoms with Crippen LogP contribution in [0.4, 0.5) is 5.69 Å². The molecule has 0 aliphatic carbocycles. The first-order valence-electron chi connectivity index (χ1n) is 10.1. The second-order valence-electron chi connectivity index (χ2n) is 7.45. The molecular formula is C23H33IN4O. The summed E-state index contributed by atoms with van der Waals surface area (Å²) in [7, 11) is 3.55. The van der Waals surface area contributed by atoms with Gasteiger partial charge in [0.2, 0.25) is 0 Å². The maximum atomic E-state index is 5.35. The van der Waals surface area contributed by atoms with E-state index >= 15 is 0 Å². The molecule has 2 aromatic carbocycles. The molecule has 3 rings (SSSR count). The average molecular weight is 508 g/mol. The van der Waals surface area contributed by atoms with Gasteiger partial charge in [0.05, 0.1) is 7.11 Å². The smallest absolute Gasteiger partial charge is 0.191 e. The molecule has 0 bridgehead atoms. The van der Waals surface area contributed by atoms with Crippen molar-refractivity contribution in [3.05, 3.63) is 60.2 Å². The Kier molecular flexibility index (Phi) is 9.57. The Hall–Kier alpha value is -1.96. The van der Waals surface area contributed by atoms with Crippen molar-refractivity contribution in [2.45, 2.75) is 19.3 Å². The summed E-state index contributed by atoms with van der Waals surface area (Å²) in [5.74, 6) is 2.84. The number of anilines is 1. The van der Waals surface area contributed by atoms with E-state index in [9.17, 15) is 0 Å². The summed E-state index contributed by atoms with van der Waals surface area (Å²) in [5.41, 5.74) is 2.58. The Bertz CT molecular complexity index is 768. The van der Waals surface area contributed by atoms with Gasteiger partial charge >= 0.3 is 0 Å². The third-order valence-corrected chi connectivity index (χ3v) is 5.43. The van der Waals surface area contributed by atoms with Crippen LogP contribution in [0.2, 0.25) is 0 Å². The van der Waals surface area contributed by atoms with Gasteiger partial charge in [0.1, 0.15) is 5.75 Å². The van der Waals surface area contributed by atoms with Crippen molar-refractivity contribution >= 4 is 35.6 Å². The fraction of sp³-hybridized carbons (Fsp3) is 0.435. The highest BCUT2D eigenvalue weighted by Gasteiger charge is 2.23. The molecule has 5 nitrogen and oxygen atoms in total. The van der Waals surface area contributed by atoms with Crippen molar-refractivity contribution in [3.8, 4) is 5.75 Å². The number of guanidine groups is 1. The van der Waals surface area contributed by atoms with Crippen molar-refractivity contribution in [2.75, 3.05) is 45.2 Å². The molecule has 29 heavy (non-hydrogen) atoms. The third kappa shape index (κ3) is 6.80. The van der Waals surface area contributed by atoms with E-state index in [1.54, 1.807) is 7.11 Å². The Balaban J connectivity index is 0.00000300. The van der Waals surface area contributed by atoms with Gasteiger partial charge in [-0.05, 0) is 36.0 Å². The van der Waals surface area contributed by atoms with Crippen LogP contribution in [0.1, 0.15) is 24.8 Å². The monoisotopic (exact) mass is 508 g/mol. The largest absolute Gasteiger partial charge is 0.497 e. The van der Waals surface area contributed by atoms with Crippen LogP contribution in [0.3, 0.4) is 0 Å². The number of benzene rings is 2. The quantitative estimate of drug-likeness (QED) is 0.336. The van der Waals surface area contributed by atoms with Crippen LogP contribution in [-0.4, -0.2) is 46.3 Å². The number of hydrogen-bond acceptors (Lipinski definition) is 3. The number of halogens is 1. The van der Waals surface area contributed by atoms with E-state index in [0.717, 1.165) is 37.9 Å². The van der Waals surface area contributed by atoms with Crippen LogP contribution in [0, 0.1) is 5.92 Å². The fourth-order valence-corrected chi connectivity index (χ4v) is 3.65. The molecule has 158 valence electrons. The van der Waals surface area contributed by atoms with Gasteiger partial charge in [-0.25, -0.2) is 0 Å². The van der Waals surface area contributed by atoms with E-state index in [-0.39, 0.29) is 24.0 Å². The minimum Gasteiger partial charge on any atom is -0.497 e. The molecule has 2 unspecified atom stereocenters. The Morgan fingerprint density at radius 1 is 1.17 bits per heavy atom. The zero-order valence-electron chi connectivity index (χ0n) is 17.6. The van der Waals surface area contributed by atoms with E-state index in [0.29, 0.717) is 11.8 Å². The van der Waals surface area contributed by atoms with Crippen LogP contribution < -0.4 is 20.3 Å². The summed E-state index contributed by atoms with van der Waals surface area (Å²) >= 11 is 0. The van der Waals surface area contributed by atoms with Crippen LogP contribution >= 0.6 is 24.0 Å². The molecule has 6 heteroatoms. The van der Waals surface area contributed by atoms with Crippen molar-refractivity contribution in [1.82, 2.24) is 10.6 Å². The molecule has 2 N–H and O–H groups in total. The lowest BCUT2D eigenvalue weighted by Gasteiger charge is -2.20. The molecule has 0 saturated carbocycles. The molecule has 0 spiro atoms. The predicted molar refractivity (Wildman–Crippen MR) is 133 cm³/mol. The topological polar surface area (TPSA) is 48.9 Å². The SMILES string of the molecule is CN=C(NCC1CCN(c2cccc(OC)c2)C1)NCC(C)c1ccccc1.I. The van der Waals surface area contributed by atoms with Crippen LogP contribution in [-0.2, 0) is 0 Å². The summed E-state index contributed by atoms with van der Waals surface area (Å²) < 4.78 is 5.35. The molecule has 1 heterocycles. The highest BCUT2D eigenvalue weighted by molar-refractivity contribution is 14.0. The second-order valence-corrected chi connectivity index (χ2v) is 7.45. The van der Waals surface area contributed by atoms with Crippen molar-refractivity contribution in [2.24, 2.45) is 10.9 Å². The fourth-order valence-electron chi connectivity index (χ4n) is 3.65. The summed E-state index contributed by atoms with van der Waals surface area (Å²) in [4.78, 5) is 6.81. The van der Waals surface area contributed by atoms with E-state index < -0.39 is 0 Å². The highest BCUT2D eigenvalue weighted by atomic mass is 127. The van der Waals surface area contributed by atoms with Gasteiger partial charge in [-0.2, -0.15) is 0 Å². The van der Waals surface area contributed by atoms with Gasteiger partial charge < -0.3 is 20.3 Å². The van der Waals surface area contributed by atoms with Gasteiger partial charge in [0.25, 0.3) is 0 Å². The predicted octanol–water partition coefficient (Wildman–Crippen LogP) is 4.11. The number of nitrogens with one attached hydrogen (secondary N) is 2. The molecule has 1 saturated heterocycles. The Labute approximate surface area is 192 Å². The summed E-state index contributed by atoms with van der Waals surface area (Å²) in [5, 5.41) is 6.96. The molecule has 0 radical (unpaired) electrons. The number of aliphatic imine (C=N–C) groups is 1. The standard InChI is InChI=1S/C23H32N4O.HI/c1-18(20-8-5-4-6-9-20)15-25-23(24-2)26-16-19-12-13-27(17-19)21-10-7-11-22(14-21)28-3;/h4-11,14,18-19H,12-13,15-17H2,1-3H3,(H2,24,25,26);1H. The van der Waals surface area contributed by atoms with E-state index in [2.05, 4.69) is 76.0 Å². The Morgan fingerprint density at radius 3 is 2.69 bits per heavy atom. The lowest BCUT2D eigenvalue weighted by Crippen LogP contribution is -2.41. The van der Waals surface area contributed by atoms with Crippen molar-refractivity contribution < 1.29 is 4.74 Å². The van der Waals surface area contributed by atoms with Gasteiger partial charge in [-0.15, -0.1) is 24.0 Å². The maximum absolute atomic E-state index is 5.35. The van der Waals surface area contributed by atoms with Gasteiger partial charge in [-0.1, -0.05) is 43.3 Å².